The lowest BCUT2D eigenvalue weighted by atomic mass is 9.93. The van der Waals surface area contributed by atoms with Gasteiger partial charge in [-0.3, -0.25) is 4.90 Å². The molecule has 1 rings (SSSR count). The molecule has 0 spiro atoms. The molecular formula is C13H26N2. The third-order valence-electron chi connectivity index (χ3n) is 3.38. The molecule has 1 heterocycles. The number of likely N-dealkylation sites (N-methyl/N-ethyl adjacent to an activating group) is 1. The molecular weight excluding hydrogens is 184 g/mol. The van der Waals surface area contributed by atoms with Gasteiger partial charge >= 0.3 is 0 Å². The van der Waals surface area contributed by atoms with Crippen LogP contribution in [0.1, 0.15) is 32.6 Å². The highest BCUT2D eigenvalue weighted by Gasteiger charge is 2.12. The summed E-state index contributed by atoms with van der Waals surface area (Å²) in [6.45, 7) is 11.9. The SMILES string of the molecule is C=CCN(CC)CCCC1CCNCC1. The van der Waals surface area contributed by atoms with Crippen LogP contribution >= 0.6 is 0 Å². The summed E-state index contributed by atoms with van der Waals surface area (Å²) >= 11 is 0. The fraction of sp³-hybridized carbons (Fsp3) is 0.846. The van der Waals surface area contributed by atoms with Gasteiger partial charge in [-0.1, -0.05) is 13.0 Å². The molecule has 0 amide bonds. The van der Waals surface area contributed by atoms with E-state index in [1.165, 1.54) is 45.3 Å². The monoisotopic (exact) mass is 210 g/mol. The average molecular weight is 210 g/mol. The second-order valence-corrected chi connectivity index (χ2v) is 4.52. The van der Waals surface area contributed by atoms with Crippen molar-refractivity contribution in [2.45, 2.75) is 32.6 Å². The van der Waals surface area contributed by atoms with Crippen molar-refractivity contribution in [3.63, 3.8) is 0 Å². The van der Waals surface area contributed by atoms with Gasteiger partial charge in [-0.25, -0.2) is 0 Å². The van der Waals surface area contributed by atoms with Crippen molar-refractivity contribution >= 4 is 0 Å². The average Bonchev–Trinajstić information content (AvgIpc) is 2.29. The maximum Gasteiger partial charge on any atom is 0.0160 e. The summed E-state index contributed by atoms with van der Waals surface area (Å²) in [7, 11) is 0. The summed E-state index contributed by atoms with van der Waals surface area (Å²) in [4.78, 5) is 2.47. The van der Waals surface area contributed by atoms with E-state index in [-0.39, 0.29) is 0 Å². The molecule has 88 valence electrons. The van der Waals surface area contributed by atoms with Crippen LogP contribution in [-0.4, -0.2) is 37.6 Å². The maximum atomic E-state index is 3.80. The van der Waals surface area contributed by atoms with Crippen molar-refractivity contribution in [3.05, 3.63) is 12.7 Å². The molecule has 0 radical (unpaired) electrons. The molecule has 0 bridgehead atoms. The van der Waals surface area contributed by atoms with Crippen LogP contribution in [0.4, 0.5) is 0 Å². The molecule has 0 aromatic rings. The van der Waals surface area contributed by atoms with Crippen LogP contribution in [0.15, 0.2) is 12.7 Å². The first kappa shape index (κ1) is 12.7. The first-order chi connectivity index (χ1) is 7.36. The molecule has 1 fully saturated rings. The van der Waals surface area contributed by atoms with Crippen molar-refractivity contribution in [2.75, 3.05) is 32.7 Å². The summed E-state index contributed by atoms with van der Waals surface area (Å²) in [6, 6.07) is 0. The first-order valence-corrected chi connectivity index (χ1v) is 6.40. The van der Waals surface area contributed by atoms with E-state index >= 15 is 0 Å². The second kappa shape index (κ2) is 7.89. The number of rotatable bonds is 7. The minimum atomic E-state index is 0.980. The summed E-state index contributed by atoms with van der Waals surface area (Å²) < 4.78 is 0. The van der Waals surface area contributed by atoms with Gasteiger partial charge in [0.1, 0.15) is 0 Å². The molecule has 0 aromatic carbocycles. The Morgan fingerprint density at radius 2 is 2.13 bits per heavy atom. The van der Waals surface area contributed by atoms with Crippen LogP contribution in [0.5, 0.6) is 0 Å². The normalized spacial score (nSPS) is 18.3. The van der Waals surface area contributed by atoms with Gasteiger partial charge in [0, 0.05) is 6.54 Å². The molecule has 2 heteroatoms. The van der Waals surface area contributed by atoms with Gasteiger partial charge in [0.15, 0.2) is 0 Å². The Labute approximate surface area is 94.7 Å². The lowest BCUT2D eigenvalue weighted by Crippen LogP contribution is -2.29. The second-order valence-electron chi connectivity index (χ2n) is 4.52. The summed E-state index contributed by atoms with van der Waals surface area (Å²) in [6.07, 6.45) is 7.54. The molecule has 0 aliphatic carbocycles. The lowest BCUT2D eigenvalue weighted by Gasteiger charge is -2.24. The standard InChI is InChI=1S/C13H26N2/c1-3-11-15(4-2)12-5-6-13-7-9-14-10-8-13/h3,13-14H,1,4-12H2,2H3. The van der Waals surface area contributed by atoms with Gasteiger partial charge in [0.2, 0.25) is 0 Å². The van der Waals surface area contributed by atoms with E-state index in [1.54, 1.807) is 0 Å². The van der Waals surface area contributed by atoms with Crippen LogP contribution in [0.2, 0.25) is 0 Å². The fourth-order valence-corrected chi connectivity index (χ4v) is 2.34. The Bertz CT molecular complexity index is 162. The van der Waals surface area contributed by atoms with Crippen LogP contribution in [0.25, 0.3) is 0 Å². The van der Waals surface area contributed by atoms with Crippen LogP contribution in [-0.2, 0) is 0 Å². The third kappa shape index (κ3) is 5.33. The molecule has 1 aliphatic rings. The molecule has 15 heavy (non-hydrogen) atoms. The molecule has 0 unspecified atom stereocenters. The maximum absolute atomic E-state index is 3.80. The van der Waals surface area contributed by atoms with Gasteiger partial charge in [-0.15, -0.1) is 6.58 Å². The smallest absolute Gasteiger partial charge is 0.0160 e. The summed E-state index contributed by atoms with van der Waals surface area (Å²) in [5, 5.41) is 3.42. The molecule has 1 saturated heterocycles. The predicted molar refractivity (Wildman–Crippen MR) is 67.1 cm³/mol. The Hall–Kier alpha value is -0.340. The highest BCUT2D eigenvalue weighted by atomic mass is 15.1. The molecule has 0 atom stereocenters. The molecule has 0 aromatic heterocycles. The number of nitrogens with one attached hydrogen (secondary N) is 1. The minimum Gasteiger partial charge on any atom is -0.317 e. The van der Waals surface area contributed by atoms with E-state index in [2.05, 4.69) is 23.7 Å². The molecule has 2 nitrogen and oxygen atoms in total. The minimum absolute atomic E-state index is 0.980. The van der Waals surface area contributed by atoms with E-state index in [9.17, 15) is 0 Å². The third-order valence-corrected chi connectivity index (χ3v) is 3.38. The van der Waals surface area contributed by atoms with E-state index in [0.29, 0.717) is 0 Å². The van der Waals surface area contributed by atoms with Crippen LogP contribution < -0.4 is 5.32 Å². The van der Waals surface area contributed by atoms with Crippen LogP contribution in [0, 0.1) is 5.92 Å². The number of hydrogen-bond acceptors (Lipinski definition) is 2. The van der Waals surface area contributed by atoms with Gasteiger partial charge in [-0.2, -0.15) is 0 Å². The highest BCUT2D eigenvalue weighted by Crippen LogP contribution is 2.17. The Balaban J connectivity index is 2.05. The van der Waals surface area contributed by atoms with E-state index in [0.717, 1.165) is 19.0 Å². The largest absolute Gasteiger partial charge is 0.317 e. The summed E-state index contributed by atoms with van der Waals surface area (Å²) in [5.74, 6) is 0.980. The first-order valence-electron chi connectivity index (χ1n) is 6.40. The quantitative estimate of drug-likeness (QED) is 0.649. The van der Waals surface area contributed by atoms with Gasteiger partial charge in [0.25, 0.3) is 0 Å². The molecule has 1 aliphatic heterocycles. The Kier molecular flexibility index (Phi) is 6.69. The van der Waals surface area contributed by atoms with Crippen molar-refractivity contribution in [1.29, 1.82) is 0 Å². The van der Waals surface area contributed by atoms with E-state index < -0.39 is 0 Å². The fourth-order valence-electron chi connectivity index (χ4n) is 2.34. The number of piperidine rings is 1. The zero-order valence-electron chi connectivity index (χ0n) is 10.2. The molecule has 0 saturated carbocycles. The van der Waals surface area contributed by atoms with Gasteiger partial charge in [-0.05, 0) is 57.8 Å². The predicted octanol–water partition coefficient (Wildman–Crippen LogP) is 2.27. The lowest BCUT2D eigenvalue weighted by molar-refractivity contribution is 0.281. The Morgan fingerprint density at radius 3 is 2.73 bits per heavy atom. The summed E-state index contributed by atoms with van der Waals surface area (Å²) in [5.41, 5.74) is 0. The van der Waals surface area contributed by atoms with E-state index in [4.69, 9.17) is 0 Å². The zero-order valence-corrected chi connectivity index (χ0v) is 10.2. The number of hydrogen-bond donors (Lipinski definition) is 1. The Morgan fingerprint density at radius 1 is 1.40 bits per heavy atom. The van der Waals surface area contributed by atoms with Crippen molar-refractivity contribution in [3.8, 4) is 0 Å². The van der Waals surface area contributed by atoms with Crippen molar-refractivity contribution in [1.82, 2.24) is 10.2 Å². The van der Waals surface area contributed by atoms with Crippen molar-refractivity contribution < 1.29 is 0 Å². The van der Waals surface area contributed by atoms with E-state index in [1.807, 2.05) is 6.08 Å². The molecule has 1 N–H and O–H groups in total. The topological polar surface area (TPSA) is 15.3 Å². The van der Waals surface area contributed by atoms with Crippen molar-refractivity contribution in [2.24, 2.45) is 5.92 Å². The van der Waals surface area contributed by atoms with Gasteiger partial charge in [0.05, 0.1) is 0 Å². The zero-order chi connectivity index (χ0) is 10.9. The number of nitrogens with zero attached hydrogens (tertiary/aromatic N) is 1. The van der Waals surface area contributed by atoms with Gasteiger partial charge < -0.3 is 5.32 Å². The van der Waals surface area contributed by atoms with Crippen LogP contribution in [0.3, 0.4) is 0 Å². The highest BCUT2D eigenvalue weighted by molar-refractivity contribution is 4.74.